The monoisotopic (exact) mass is 446 g/mol. The van der Waals surface area contributed by atoms with E-state index in [1.54, 1.807) is 0 Å². The predicted molar refractivity (Wildman–Crippen MR) is 116 cm³/mol. The Bertz CT molecular complexity index is 884. The van der Waals surface area contributed by atoms with Gasteiger partial charge in [0.05, 0.1) is 0 Å². The van der Waals surface area contributed by atoms with Gasteiger partial charge < -0.3 is 15.2 Å². The summed E-state index contributed by atoms with van der Waals surface area (Å²) >= 11 is 0. The molecule has 4 rings (SSSR count). The molecule has 3 aromatic rings. The van der Waals surface area contributed by atoms with Crippen LogP contribution in [0.4, 0.5) is 5.69 Å². The topological polar surface area (TPSA) is 43.4 Å². The summed E-state index contributed by atoms with van der Waals surface area (Å²) in [6.45, 7) is 1.86. The molecule has 2 N–H and O–H groups in total. The highest BCUT2D eigenvalue weighted by Gasteiger charge is 2.22. The quantitative estimate of drug-likeness (QED) is 0.364. The molecule has 0 spiro atoms. The van der Waals surface area contributed by atoms with E-state index in [9.17, 15) is 0 Å². The number of aromatic amines is 1. The zero-order valence-corrected chi connectivity index (χ0v) is 16.7. The molecule has 1 aliphatic rings. The average molecular weight is 446 g/mol. The molecule has 0 fully saturated rings. The van der Waals surface area contributed by atoms with E-state index < -0.39 is 0 Å². The van der Waals surface area contributed by atoms with E-state index in [4.69, 9.17) is 0 Å². The number of benzene rings is 2. The van der Waals surface area contributed by atoms with E-state index in [2.05, 4.69) is 74.9 Å². The highest BCUT2D eigenvalue weighted by molar-refractivity contribution is 14.0. The molecule has 130 valence electrons. The molecule has 0 aliphatic carbocycles. The number of anilines is 1. The molecule has 4 nitrogen and oxygen atoms in total. The Kier molecular flexibility index (Phi) is 5.63. The van der Waals surface area contributed by atoms with Crippen molar-refractivity contribution in [2.24, 2.45) is 4.99 Å². The zero-order chi connectivity index (χ0) is 16.4. The number of hydrogen-bond acceptors (Lipinski definition) is 1. The van der Waals surface area contributed by atoms with Gasteiger partial charge in [-0.3, -0.25) is 4.99 Å². The van der Waals surface area contributed by atoms with Gasteiger partial charge in [-0.05, 0) is 36.1 Å². The molecule has 1 aliphatic heterocycles. The third kappa shape index (κ3) is 3.51. The van der Waals surface area contributed by atoms with Crippen LogP contribution in [0.2, 0.25) is 0 Å². The minimum absolute atomic E-state index is 0. The summed E-state index contributed by atoms with van der Waals surface area (Å²) in [5, 5.41) is 4.82. The highest BCUT2D eigenvalue weighted by atomic mass is 127. The van der Waals surface area contributed by atoms with Gasteiger partial charge in [-0.1, -0.05) is 36.4 Å². The molecular weight excluding hydrogens is 423 g/mol. The molecule has 25 heavy (non-hydrogen) atoms. The van der Waals surface area contributed by atoms with Gasteiger partial charge in [-0.15, -0.1) is 24.0 Å². The van der Waals surface area contributed by atoms with Gasteiger partial charge in [0.2, 0.25) is 0 Å². The number of aromatic nitrogens is 1. The number of aliphatic imine (C=N–C) groups is 1. The van der Waals surface area contributed by atoms with Crippen molar-refractivity contribution in [2.45, 2.75) is 12.8 Å². The van der Waals surface area contributed by atoms with Crippen LogP contribution in [-0.2, 0) is 12.8 Å². The van der Waals surface area contributed by atoms with Gasteiger partial charge in [-0.25, -0.2) is 0 Å². The van der Waals surface area contributed by atoms with Gasteiger partial charge in [-0.2, -0.15) is 0 Å². The van der Waals surface area contributed by atoms with E-state index in [0.717, 1.165) is 31.9 Å². The first-order valence-corrected chi connectivity index (χ1v) is 8.48. The number of nitrogens with zero attached hydrogens (tertiary/aromatic N) is 2. The lowest BCUT2D eigenvalue weighted by atomic mass is 10.1. The van der Waals surface area contributed by atoms with Crippen LogP contribution < -0.4 is 10.2 Å². The highest BCUT2D eigenvalue weighted by Crippen LogP contribution is 2.27. The molecule has 0 radical (unpaired) electrons. The van der Waals surface area contributed by atoms with Gasteiger partial charge in [0.1, 0.15) is 0 Å². The van der Waals surface area contributed by atoms with Crippen LogP contribution in [0.15, 0.2) is 59.7 Å². The van der Waals surface area contributed by atoms with Crippen molar-refractivity contribution in [1.29, 1.82) is 0 Å². The summed E-state index contributed by atoms with van der Waals surface area (Å²) in [7, 11) is 1.86. The second kappa shape index (κ2) is 7.91. The fourth-order valence-corrected chi connectivity index (χ4v) is 3.50. The van der Waals surface area contributed by atoms with Crippen LogP contribution in [0.3, 0.4) is 0 Å². The van der Waals surface area contributed by atoms with Crippen LogP contribution in [0.5, 0.6) is 0 Å². The third-order valence-corrected chi connectivity index (χ3v) is 4.71. The third-order valence-electron chi connectivity index (χ3n) is 4.71. The SMILES string of the molecule is CN=C(NCCc1c[nH]c2ccccc12)N1CCc2ccccc21.I. The fraction of sp³-hybridized carbons (Fsp3) is 0.250. The predicted octanol–water partition coefficient (Wildman–Crippen LogP) is 3.97. The van der Waals surface area contributed by atoms with Crippen LogP contribution >= 0.6 is 24.0 Å². The first-order chi connectivity index (χ1) is 11.9. The molecule has 0 bridgehead atoms. The Morgan fingerprint density at radius 2 is 1.96 bits per heavy atom. The molecule has 0 amide bonds. The molecule has 0 atom stereocenters. The lowest BCUT2D eigenvalue weighted by Gasteiger charge is -2.22. The van der Waals surface area contributed by atoms with E-state index in [1.807, 2.05) is 7.05 Å². The Labute approximate surface area is 165 Å². The molecule has 5 heteroatoms. The van der Waals surface area contributed by atoms with Crippen molar-refractivity contribution in [3.8, 4) is 0 Å². The number of halogens is 1. The summed E-state index contributed by atoms with van der Waals surface area (Å²) in [5.41, 5.74) is 5.22. The molecular formula is C20H23IN4. The van der Waals surface area contributed by atoms with Gasteiger partial charge in [0.25, 0.3) is 0 Å². The Morgan fingerprint density at radius 3 is 2.84 bits per heavy atom. The minimum atomic E-state index is 0. The maximum Gasteiger partial charge on any atom is 0.198 e. The number of nitrogens with one attached hydrogen (secondary N) is 2. The van der Waals surface area contributed by atoms with Crippen molar-refractivity contribution in [3.05, 3.63) is 65.9 Å². The summed E-state index contributed by atoms with van der Waals surface area (Å²) < 4.78 is 0. The maximum absolute atomic E-state index is 4.47. The van der Waals surface area contributed by atoms with Crippen molar-refractivity contribution >= 4 is 46.5 Å². The standard InChI is InChI=1S/C20H22N4.HI/c1-21-20(24-13-11-15-6-2-5-9-19(15)24)22-12-10-16-14-23-18-8-4-3-7-17(16)18;/h2-9,14,23H,10-13H2,1H3,(H,21,22);1H. The lowest BCUT2D eigenvalue weighted by Crippen LogP contribution is -2.41. The van der Waals surface area contributed by atoms with Crippen LogP contribution in [0.1, 0.15) is 11.1 Å². The Balaban J connectivity index is 0.00000182. The van der Waals surface area contributed by atoms with Crippen molar-refractivity contribution in [1.82, 2.24) is 10.3 Å². The second-order valence-corrected chi connectivity index (χ2v) is 6.11. The second-order valence-electron chi connectivity index (χ2n) is 6.11. The van der Waals surface area contributed by atoms with Gasteiger partial charge in [0, 0.05) is 42.9 Å². The van der Waals surface area contributed by atoms with Crippen molar-refractivity contribution < 1.29 is 0 Å². The summed E-state index contributed by atoms with van der Waals surface area (Å²) in [5.74, 6) is 0.958. The van der Waals surface area contributed by atoms with Crippen molar-refractivity contribution in [3.63, 3.8) is 0 Å². The fourth-order valence-electron chi connectivity index (χ4n) is 3.50. The first kappa shape index (κ1) is 17.8. The number of rotatable bonds is 3. The van der Waals surface area contributed by atoms with Crippen LogP contribution in [0, 0.1) is 0 Å². The number of fused-ring (bicyclic) bond motifs is 2. The van der Waals surface area contributed by atoms with Crippen LogP contribution in [0.25, 0.3) is 10.9 Å². The number of hydrogen-bond donors (Lipinski definition) is 2. The van der Waals surface area contributed by atoms with E-state index in [1.165, 1.54) is 27.7 Å². The largest absolute Gasteiger partial charge is 0.361 e. The number of para-hydroxylation sites is 2. The normalized spacial score (nSPS) is 13.6. The number of guanidine groups is 1. The van der Waals surface area contributed by atoms with Crippen molar-refractivity contribution in [2.75, 3.05) is 25.0 Å². The average Bonchev–Trinajstić information content (AvgIpc) is 3.23. The lowest BCUT2D eigenvalue weighted by molar-refractivity contribution is 0.840. The van der Waals surface area contributed by atoms with E-state index >= 15 is 0 Å². The summed E-state index contributed by atoms with van der Waals surface area (Å²) in [4.78, 5) is 10.1. The van der Waals surface area contributed by atoms with E-state index in [-0.39, 0.29) is 24.0 Å². The van der Waals surface area contributed by atoms with Gasteiger partial charge in [0.15, 0.2) is 5.96 Å². The summed E-state index contributed by atoms with van der Waals surface area (Å²) in [6.07, 6.45) is 4.16. The minimum Gasteiger partial charge on any atom is -0.361 e. The number of H-pyrrole nitrogens is 1. The molecule has 2 heterocycles. The summed E-state index contributed by atoms with van der Waals surface area (Å²) in [6, 6.07) is 17.0. The molecule has 0 saturated carbocycles. The maximum atomic E-state index is 4.47. The molecule has 1 aromatic heterocycles. The molecule has 2 aromatic carbocycles. The Morgan fingerprint density at radius 1 is 1.16 bits per heavy atom. The van der Waals surface area contributed by atoms with Gasteiger partial charge >= 0.3 is 0 Å². The smallest absolute Gasteiger partial charge is 0.198 e. The molecule has 0 unspecified atom stereocenters. The first-order valence-electron chi connectivity index (χ1n) is 8.48. The molecule has 0 saturated heterocycles. The van der Waals surface area contributed by atoms with Crippen LogP contribution in [-0.4, -0.2) is 31.1 Å². The zero-order valence-electron chi connectivity index (χ0n) is 14.3. The van der Waals surface area contributed by atoms with E-state index in [0.29, 0.717) is 0 Å². The Hall–Kier alpha value is -2.02.